The van der Waals surface area contributed by atoms with E-state index in [9.17, 15) is 24.0 Å². The third-order valence-corrected chi connectivity index (χ3v) is 12.7. The Balaban J connectivity index is 0.852. The molecule has 0 saturated carbocycles. The summed E-state index contributed by atoms with van der Waals surface area (Å²) < 4.78 is 47.1. The number of esters is 2. The van der Waals surface area contributed by atoms with Crippen LogP contribution in [0.1, 0.15) is 76.0 Å². The summed E-state index contributed by atoms with van der Waals surface area (Å²) in [5, 5.41) is 7.04. The lowest BCUT2D eigenvalue weighted by atomic mass is 9.66. The number of rotatable bonds is 17. The van der Waals surface area contributed by atoms with E-state index in [1.54, 1.807) is 72.3 Å². The summed E-state index contributed by atoms with van der Waals surface area (Å²) in [6.45, 7) is 2.54. The van der Waals surface area contributed by atoms with Gasteiger partial charge in [-0.2, -0.15) is 0 Å². The van der Waals surface area contributed by atoms with E-state index in [0.717, 1.165) is 5.39 Å². The number of benzene rings is 4. The van der Waals surface area contributed by atoms with Crippen molar-refractivity contribution in [1.82, 2.24) is 15.2 Å². The fraction of sp³-hybridized carbons (Fsp3) is 0.367. The van der Waals surface area contributed by atoms with Gasteiger partial charge in [-0.3, -0.25) is 28.5 Å². The average molecular weight is 924 g/mol. The van der Waals surface area contributed by atoms with Crippen molar-refractivity contribution in [2.24, 2.45) is 11.8 Å². The zero-order chi connectivity index (χ0) is 46.6. The van der Waals surface area contributed by atoms with E-state index in [0.29, 0.717) is 104 Å². The minimum absolute atomic E-state index is 0.0101. The van der Waals surface area contributed by atoms with Crippen molar-refractivity contribution in [3.8, 4) is 34.5 Å². The number of nitrogens with zero attached hydrogens (tertiary/aromatic N) is 1. The third-order valence-electron chi connectivity index (χ3n) is 12.4. The van der Waals surface area contributed by atoms with Crippen LogP contribution in [0.3, 0.4) is 0 Å². The average Bonchev–Trinajstić information content (AvgIpc) is 4.02. The molecule has 1 fully saturated rings. The Bertz CT molecular complexity index is 2670. The summed E-state index contributed by atoms with van der Waals surface area (Å²) in [4.78, 5) is 66.7. The summed E-state index contributed by atoms with van der Waals surface area (Å²) in [6, 6.07) is 19.2. The number of ether oxygens (including phenoxy) is 8. The summed E-state index contributed by atoms with van der Waals surface area (Å²) in [5.74, 6) is -0.920. The molecule has 5 aromatic rings. The smallest absolute Gasteiger partial charge is 0.310 e. The highest BCUT2D eigenvalue weighted by atomic mass is 35.5. The monoisotopic (exact) mass is 923 g/mol. The number of aromatic nitrogens is 1. The Labute approximate surface area is 385 Å². The minimum atomic E-state index is -0.878. The number of hydrogen-bond donors (Lipinski definition) is 2. The molecule has 1 saturated heterocycles. The highest BCUT2D eigenvalue weighted by Gasteiger charge is 2.54. The Morgan fingerprint density at radius 2 is 1.44 bits per heavy atom. The number of hydrogen-bond acceptors (Lipinski definition) is 13. The second kappa shape index (κ2) is 19.7. The van der Waals surface area contributed by atoms with E-state index < -0.39 is 35.8 Å². The van der Waals surface area contributed by atoms with E-state index >= 15 is 0 Å². The van der Waals surface area contributed by atoms with Gasteiger partial charge in [-0.05, 0) is 103 Å². The van der Waals surface area contributed by atoms with Gasteiger partial charge >= 0.3 is 11.9 Å². The summed E-state index contributed by atoms with van der Waals surface area (Å²) in [6.07, 6.45) is -0.00569. The first-order valence-electron chi connectivity index (χ1n) is 21.6. The van der Waals surface area contributed by atoms with Crippen molar-refractivity contribution in [1.29, 1.82) is 0 Å². The van der Waals surface area contributed by atoms with Crippen LogP contribution < -0.4 is 39.1 Å². The van der Waals surface area contributed by atoms with Gasteiger partial charge in [-0.1, -0.05) is 11.6 Å². The molecule has 0 radical (unpaired) electrons. The van der Waals surface area contributed by atoms with Gasteiger partial charge in [0.05, 0.1) is 59.3 Å². The number of halogens is 1. The summed E-state index contributed by atoms with van der Waals surface area (Å²) >= 11 is 6.06. The Kier molecular flexibility index (Phi) is 13.6. The van der Waals surface area contributed by atoms with Crippen molar-refractivity contribution >= 4 is 52.2 Å². The highest BCUT2D eigenvalue weighted by molar-refractivity contribution is 6.30. The first-order chi connectivity index (χ1) is 31.9. The number of fused-ring (bicyclic) bond motifs is 4. The van der Waals surface area contributed by atoms with Crippen molar-refractivity contribution < 1.29 is 61.9 Å². The van der Waals surface area contributed by atoms with Gasteiger partial charge in [-0.15, -0.1) is 0 Å². The molecule has 0 spiro atoms. The Morgan fingerprint density at radius 1 is 0.773 bits per heavy atom. The van der Waals surface area contributed by atoms with E-state index in [1.165, 1.54) is 21.3 Å². The van der Waals surface area contributed by atoms with E-state index in [4.69, 9.17) is 49.5 Å². The maximum absolute atomic E-state index is 13.6. The molecule has 8 rings (SSSR count). The van der Waals surface area contributed by atoms with Crippen molar-refractivity contribution in [3.63, 3.8) is 0 Å². The topological polar surface area (TPSA) is 188 Å². The molecular formula is C49H50ClN3O13. The van der Waals surface area contributed by atoms with Gasteiger partial charge in [0.15, 0.2) is 23.0 Å². The molecule has 66 heavy (non-hydrogen) atoms. The SMILES string of the molecule is COc1ccc2c(c1)c(CC(=O)NCCCCNC(=O)CCC(=O)O[C@H]1c3cc4c(cc3[C@@H](c3cc(OC)c(OC)c(OC)c3)[C@H]3C(=O)OC[C@@H]31)OCO4)c(C)n2C(=O)c1ccc(Cl)cc1. The standard InChI is InChI=1S/C49H50ClN3O13/c1-26-31(32-20-30(59-2)12-13-36(32)53(26)48(57)27-8-10-29(50)11-9-27)23-42(55)52-17-7-6-16-51-41(54)14-15-43(56)66-46-34-22-38-37(64-25-65-38)21-33(34)44(45-35(46)24-63-49(45)58)28-18-39(60-3)47(62-5)40(19-28)61-4/h8-13,18-22,35,44-46H,6-7,14-17,23-25H2,1-5H3,(H,51,54)(H,52,55)/t35-,44+,45-,46-/m0/s1. The van der Waals surface area contributed by atoms with Crippen molar-refractivity contribution in [2.75, 3.05) is 54.9 Å². The molecule has 4 aromatic carbocycles. The van der Waals surface area contributed by atoms with E-state index in [2.05, 4.69) is 10.6 Å². The van der Waals surface area contributed by atoms with Crippen LogP contribution >= 0.6 is 11.6 Å². The number of amides is 2. The molecule has 2 amide bonds. The van der Waals surface area contributed by atoms with Crippen LogP contribution in [0.5, 0.6) is 34.5 Å². The van der Waals surface area contributed by atoms with Crippen LogP contribution in [0, 0.1) is 18.8 Å². The molecule has 17 heteroatoms. The first kappa shape index (κ1) is 45.6. The molecule has 1 aromatic heterocycles. The maximum Gasteiger partial charge on any atom is 0.310 e. The van der Waals surface area contributed by atoms with Crippen molar-refractivity contribution in [3.05, 3.63) is 105 Å². The number of unbranched alkanes of at least 4 members (excludes halogenated alkanes) is 1. The Hall–Kier alpha value is -6.94. The van der Waals surface area contributed by atoms with Crippen LogP contribution in [0.25, 0.3) is 10.9 Å². The zero-order valence-electron chi connectivity index (χ0n) is 37.2. The van der Waals surface area contributed by atoms with Crippen LogP contribution in [-0.4, -0.2) is 89.2 Å². The molecule has 2 aliphatic heterocycles. The minimum Gasteiger partial charge on any atom is -0.497 e. The molecule has 3 aliphatic rings. The quantitative estimate of drug-likeness (QED) is 0.0750. The number of methoxy groups -OCH3 is 4. The van der Waals surface area contributed by atoms with Crippen LogP contribution in [0.4, 0.5) is 0 Å². The fourth-order valence-electron chi connectivity index (χ4n) is 9.17. The highest BCUT2D eigenvalue weighted by Crippen LogP contribution is 2.56. The van der Waals surface area contributed by atoms with Gasteiger partial charge in [0.1, 0.15) is 11.9 Å². The third kappa shape index (κ3) is 9.01. The number of nitrogens with one attached hydrogen (secondary N) is 2. The molecule has 2 N–H and O–H groups in total. The van der Waals surface area contributed by atoms with Crippen LogP contribution in [0.15, 0.2) is 66.7 Å². The molecule has 4 atom stereocenters. The molecule has 0 bridgehead atoms. The molecule has 16 nitrogen and oxygen atoms in total. The first-order valence-corrected chi connectivity index (χ1v) is 21.9. The molecule has 3 heterocycles. The van der Waals surface area contributed by atoms with Gasteiger partial charge in [0, 0.05) is 58.6 Å². The zero-order valence-corrected chi connectivity index (χ0v) is 37.9. The van der Waals surface area contributed by atoms with Crippen molar-refractivity contribution in [2.45, 2.75) is 51.0 Å². The predicted octanol–water partition coefficient (Wildman–Crippen LogP) is 6.61. The van der Waals surface area contributed by atoms with E-state index in [1.807, 2.05) is 13.0 Å². The number of carbonyl (C=O) groups excluding carboxylic acids is 5. The lowest BCUT2D eigenvalue weighted by molar-refractivity contribution is -0.155. The second-order valence-electron chi connectivity index (χ2n) is 16.2. The lowest BCUT2D eigenvalue weighted by Crippen LogP contribution is -2.36. The van der Waals surface area contributed by atoms with Gasteiger partial charge in [0.2, 0.25) is 24.4 Å². The number of carbonyl (C=O) groups is 5. The molecule has 1 aliphatic carbocycles. The molecule has 346 valence electrons. The Morgan fingerprint density at radius 3 is 2.09 bits per heavy atom. The maximum atomic E-state index is 13.6. The fourth-order valence-corrected chi connectivity index (χ4v) is 9.30. The lowest BCUT2D eigenvalue weighted by Gasteiger charge is -2.38. The predicted molar refractivity (Wildman–Crippen MR) is 240 cm³/mol. The van der Waals surface area contributed by atoms with Gasteiger partial charge < -0.3 is 48.5 Å². The molecular weight excluding hydrogens is 874 g/mol. The summed E-state index contributed by atoms with van der Waals surface area (Å²) in [5.41, 5.74) is 4.48. The normalized spacial score (nSPS) is 17.9. The van der Waals surface area contributed by atoms with E-state index in [-0.39, 0.29) is 50.4 Å². The van der Waals surface area contributed by atoms with Crippen LogP contribution in [-0.2, 0) is 35.1 Å². The number of cyclic esters (lactones) is 1. The summed E-state index contributed by atoms with van der Waals surface area (Å²) in [7, 11) is 6.09. The van der Waals surface area contributed by atoms with Crippen LogP contribution in [0.2, 0.25) is 5.02 Å². The molecule has 0 unspecified atom stereocenters. The van der Waals surface area contributed by atoms with Gasteiger partial charge in [0.25, 0.3) is 5.91 Å². The second-order valence-corrected chi connectivity index (χ2v) is 16.6. The largest absolute Gasteiger partial charge is 0.497 e. The van der Waals surface area contributed by atoms with Gasteiger partial charge in [-0.25, -0.2) is 0 Å².